The Morgan fingerprint density at radius 1 is 1.00 bits per heavy atom. The highest BCUT2D eigenvalue weighted by molar-refractivity contribution is 5.91. The topological polar surface area (TPSA) is 67.2 Å². The van der Waals surface area contributed by atoms with Gasteiger partial charge in [0.05, 0.1) is 16.8 Å². The molecule has 0 spiro atoms. The number of carbonyl (C=O) groups excluding carboxylic acids is 1. The van der Waals surface area contributed by atoms with Crippen LogP contribution < -0.4 is 4.90 Å². The lowest BCUT2D eigenvalue weighted by molar-refractivity contribution is -0.134. The summed E-state index contributed by atoms with van der Waals surface area (Å²) in [7, 11) is 0. The molecule has 1 saturated carbocycles. The summed E-state index contributed by atoms with van der Waals surface area (Å²) >= 11 is 0. The van der Waals surface area contributed by atoms with Crippen molar-refractivity contribution in [3.05, 3.63) is 41.6 Å². The quantitative estimate of drug-likeness (QED) is 0.497. The highest BCUT2D eigenvalue weighted by atomic mass is 19.1. The summed E-state index contributed by atoms with van der Waals surface area (Å²) in [5.41, 5.74) is 2.41. The predicted octanol–water partition coefficient (Wildman–Crippen LogP) is 5.08. The number of aromatic nitrogens is 4. The van der Waals surface area contributed by atoms with Crippen LogP contribution in [0.15, 0.2) is 24.3 Å². The highest BCUT2D eigenvalue weighted by Gasteiger charge is 2.26. The summed E-state index contributed by atoms with van der Waals surface area (Å²) < 4.78 is 15.5. The van der Waals surface area contributed by atoms with Crippen LogP contribution in [0.2, 0.25) is 0 Å². The van der Waals surface area contributed by atoms with Gasteiger partial charge >= 0.3 is 0 Å². The Bertz CT molecular complexity index is 1210. The first-order valence-corrected chi connectivity index (χ1v) is 13.5. The van der Waals surface area contributed by atoms with Gasteiger partial charge in [0.1, 0.15) is 17.5 Å². The number of halogens is 1. The molecule has 0 unspecified atom stereocenters. The number of nitrogens with zero attached hydrogens (tertiary/aromatic N) is 6. The largest absolute Gasteiger partial charge is 0.354 e. The monoisotopic (exact) mass is 492 g/mol. The van der Waals surface area contributed by atoms with E-state index in [-0.39, 0.29) is 17.6 Å². The van der Waals surface area contributed by atoms with E-state index in [1.807, 2.05) is 30.4 Å². The summed E-state index contributed by atoms with van der Waals surface area (Å²) in [5, 5.41) is 5.76. The summed E-state index contributed by atoms with van der Waals surface area (Å²) in [6.45, 7) is 8.93. The van der Waals surface area contributed by atoms with Crippen LogP contribution in [0.4, 0.5) is 10.2 Å². The van der Waals surface area contributed by atoms with Gasteiger partial charge in [0.2, 0.25) is 5.91 Å². The van der Waals surface area contributed by atoms with Gasteiger partial charge in [0.15, 0.2) is 5.65 Å². The van der Waals surface area contributed by atoms with Crippen LogP contribution in [0.3, 0.4) is 0 Å². The predicted molar refractivity (Wildman–Crippen MR) is 140 cm³/mol. The first-order chi connectivity index (χ1) is 17.4. The SMILES string of the molecule is Cc1nn(-c2ccc(F)cc2)c2nc(CC3CCCCC3)nc(N3CCCN(C(=O)C(C)C)CC3)c12. The van der Waals surface area contributed by atoms with Gasteiger partial charge in [-0.25, -0.2) is 19.0 Å². The maximum atomic E-state index is 13.6. The maximum absolute atomic E-state index is 13.6. The number of hydrogen-bond donors (Lipinski definition) is 0. The molecular weight excluding hydrogens is 455 g/mol. The lowest BCUT2D eigenvalue weighted by atomic mass is 9.87. The van der Waals surface area contributed by atoms with Crippen molar-refractivity contribution in [1.29, 1.82) is 0 Å². The van der Waals surface area contributed by atoms with Crippen molar-refractivity contribution in [2.75, 3.05) is 31.1 Å². The third kappa shape index (κ3) is 5.08. The molecule has 0 radical (unpaired) electrons. The van der Waals surface area contributed by atoms with Gasteiger partial charge in [-0.05, 0) is 43.5 Å². The van der Waals surface area contributed by atoms with Gasteiger partial charge in [0.25, 0.3) is 0 Å². The fourth-order valence-electron chi connectivity index (χ4n) is 5.65. The third-order valence-electron chi connectivity index (χ3n) is 7.60. The van der Waals surface area contributed by atoms with Crippen LogP contribution in [0.1, 0.15) is 63.9 Å². The lowest BCUT2D eigenvalue weighted by Gasteiger charge is -2.25. The molecule has 192 valence electrons. The molecule has 2 aliphatic rings. The van der Waals surface area contributed by atoms with E-state index in [2.05, 4.69) is 4.90 Å². The smallest absolute Gasteiger partial charge is 0.225 e. The second-order valence-corrected chi connectivity index (χ2v) is 10.7. The fourth-order valence-corrected chi connectivity index (χ4v) is 5.65. The molecule has 7 nitrogen and oxygen atoms in total. The lowest BCUT2D eigenvalue weighted by Crippen LogP contribution is -2.37. The number of carbonyl (C=O) groups is 1. The van der Waals surface area contributed by atoms with Crippen LogP contribution in [0.25, 0.3) is 16.7 Å². The van der Waals surface area contributed by atoms with Crippen LogP contribution in [-0.4, -0.2) is 56.7 Å². The van der Waals surface area contributed by atoms with Gasteiger partial charge in [-0.2, -0.15) is 5.10 Å². The number of rotatable bonds is 5. The van der Waals surface area contributed by atoms with E-state index < -0.39 is 0 Å². The Hall–Kier alpha value is -3.03. The molecule has 0 N–H and O–H groups in total. The molecule has 1 amide bonds. The van der Waals surface area contributed by atoms with E-state index in [0.29, 0.717) is 12.5 Å². The molecule has 1 aromatic carbocycles. The molecule has 1 saturated heterocycles. The van der Waals surface area contributed by atoms with E-state index in [1.165, 1.54) is 44.2 Å². The van der Waals surface area contributed by atoms with E-state index in [9.17, 15) is 9.18 Å². The van der Waals surface area contributed by atoms with Gasteiger partial charge < -0.3 is 9.80 Å². The Morgan fingerprint density at radius 3 is 2.47 bits per heavy atom. The normalized spacial score (nSPS) is 17.7. The molecule has 0 atom stereocenters. The molecule has 2 aromatic heterocycles. The number of fused-ring (bicyclic) bond motifs is 1. The Kier molecular flexibility index (Phi) is 7.21. The van der Waals surface area contributed by atoms with E-state index in [4.69, 9.17) is 15.1 Å². The van der Waals surface area contributed by atoms with Gasteiger partial charge in [0, 0.05) is 38.5 Å². The second-order valence-electron chi connectivity index (χ2n) is 10.7. The Labute approximate surface area is 212 Å². The Morgan fingerprint density at radius 2 is 1.75 bits per heavy atom. The number of hydrogen-bond acceptors (Lipinski definition) is 5. The van der Waals surface area contributed by atoms with Crippen LogP contribution in [0, 0.1) is 24.6 Å². The van der Waals surface area contributed by atoms with Crippen LogP contribution in [-0.2, 0) is 11.2 Å². The van der Waals surface area contributed by atoms with Crippen LogP contribution in [0.5, 0.6) is 0 Å². The third-order valence-corrected chi connectivity index (χ3v) is 7.60. The average Bonchev–Trinajstić information content (AvgIpc) is 3.04. The first kappa shape index (κ1) is 24.7. The van der Waals surface area contributed by atoms with Crippen molar-refractivity contribution in [2.45, 2.75) is 65.7 Å². The highest BCUT2D eigenvalue weighted by Crippen LogP contribution is 2.32. The summed E-state index contributed by atoms with van der Waals surface area (Å²) in [5.74, 6) is 2.31. The number of aryl methyl sites for hydroxylation is 1. The zero-order valence-corrected chi connectivity index (χ0v) is 21.7. The van der Waals surface area contributed by atoms with E-state index in [0.717, 1.165) is 66.5 Å². The molecule has 2 fully saturated rings. The molecule has 1 aliphatic heterocycles. The van der Waals surface area contributed by atoms with Crippen molar-refractivity contribution in [3.8, 4) is 5.69 Å². The maximum Gasteiger partial charge on any atom is 0.225 e. The molecule has 3 aromatic rings. The zero-order valence-electron chi connectivity index (χ0n) is 21.7. The molecular formula is C28H37FN6O. The zero-order chi connectivity index (χ0) is 25.2. The van der Waals surface area contributed by atoms with Crippen molar-refractivity contribution in [1.82, 2.24) is 24.6 Å². The van der Waals surface area contributed by atoms with Gasteiger partial charge in [-0.3, -0.25) is 4.79 Å². The number of anilines is 1. The molecule has 5 rings (SSSR count). The van der Waals surface area contributed by atoms with Gasteiger partial charge in [-0.15, -0.1) is 0 Å². The average molecular weight is 493 g/mol. The standard InChI is InChI=1S/C28H37FN6O/c1-19(2)28(36)34-15-7-14-33(16-17-34)26-25-20(3)32-35(23-12-10-22(29)11-13-23)27(25)31-24(30-26)18-21-8-5-4-6-9-21/h10-13,19,21H,4-9,14-18H2,1-3H3. The number of benzene rings is 1. The van der Waals surface area contributed by atoms with E-state index in [1.54, 1.807) is 12.1 Å². The fraction of sp³-hybridized carbons (Fsp3) is 0.571. The molecule has 3 heterocycles. The summed E-state index contributed by atoms with van der Waals surface area (Å²) in [6, 6.07) is 6.40. The Balaban J connectivity index is 1.55. The van der Waals surface area contributed by atoms with Crippen molar-refractivity contribution in [3.63, 3.8) is 0 Å². The van der Waals surface area contributed by atoms with Crippen molar-refractivity contribution >= 4 is 22.8 Å². The first-order valence-electron chi connectivity index (χ1n) is 13.5. The minimum Gasteiger partial charge on any atom is -0.354 e. The molecule has 36 heavy (non-hydrogen) atoms. The molecule has 0 bridgehead atoms. The minimum atomic E-state index is -0.273. The number of amides is 1. The van der Waals surface area contributed by atoms with Crippen LogP contribution >= 0.6 is 0 Å². The molecule has 1 aliphatic carbocycles. The summed E-state index contributed by atoms with van der Waals surface area (Å²) in [4.78, 5) is 27.1. The van der Waals surface area contributed by atoms with Gasteiger partial charge in [-0.1, -0.05) is 46.0 Å². The van der Waals surface area contributed by atoms with E-state index >= 15 is 0 Å². The second kappa shape index (κ2) is 10.5. The van der Waals surface area contributed by atoms with Crippen molar-refractivity contribution < 1.29 is 9.18 Å². The molecule has 8 heteroatoms. The minimum absolute atomic E-state index is 0.000545. The van der Waals surface area contributed by atoms with Crippen molar-refractivity contribution in [2.24, 2.45) is 11.8 Å². The summed E-state index contributed by atoms with van der Waals surface area (Å²) in [6.07, 6.45) is 8.08.